The summed E-state index contributed by atoms with van der Waals surface area (Å²) in [6.45, 7) is 6.60. The van der Waals surface area contributed by atoms with Crippen LogP contribution < -0.4 is 10.5 Å². The van der Waals surface area contributed by atoms with E-state index < -0.39 is 0 Å². The maximum Gasteiger partial charge on any atom is 0.219 e. The zero-order valence-electron chi connectivity index (χ0n) is 13.1. The number of benzene rings is 1. The van der Waals surface area contributed by atoms with Gasteiger partial charge in [0, 0.05) is 17.8 Å². The minimum Gasteiger partial charge on any atom is -0.439 e. The molecule has 5 nitrogen and oxygen atoms in total. The average molecular weight is 299 g/mol. The molecule has 2 rings (SSSR count). The van der Waals surface area contributed by atoms with Crippen molar-refractivity contribution in [2.75, 3.05) is 0 Å². The van der Waals surface area contributed by atoms with E-state index in [2.05, 4.69) is 43.0 Å². The van der Waals surface area contributed by atoms with E-state index in [1.165, 1.54) is 5.56 Å². The summed E-state index contributed by atoms with van der Waals surface area (Å²) in [6.07, 6.45) is 2.62. The molecule has 0 atom stereocenters. The molecule has 0 spiro atoms. The van der Waals surface area contributed by atoms with Crippen molar-refractivity contribution in [3.63, 3.8) is 0 Å². The molecule has 5 heteroatoms. The monoisotopic (exact) mass is 299 g/mol. The van der Waals surface area contributed by atoms with Gasteiger partial charge in [0.15, 0.2) is 5.84 Å². The third-order valence-corrected chi connectivity index (χ3v) is 3.88. The fourth-order valence-electron chi connectivity index (χ4n) is 1.98. The Morgan fingerprint density at radius 2 is 1.95 bits per heavy atom. The topological polar surface area (TPSA) is 80.7 Å². The smallest absolute Gasteiger partial charge is 0.219 e. The summed E-state index contributed by atoms with van der Waals surface area (Å²) >= 11 is 0. The van der Waals surface area contributed by atoms with Crippen molar-refractivity contribution in [3.05, 3.63) is 53.7 Å². The number of aromatic nitrogens is 1. The molecule has 0 saturated heterocycles. The number of hydrogen-bond acceptors (Lipinski definition) is 4. The highest BCUT2D eigenvalue weighted by molar-refractivity contribution is 5.97. The largest absolute Gasteiger partial charge is 0.439 e. The second kappa shape index (κ2) is 6.47. The molecule has 22 heavy (non-hydrogen) atoms. The van der Waals surface area contributed by atoms with Crippen LogP contribution in [-0.2, 0) is 5.41 Å². The summed E-state index contributed by atoms with van der Waals surface area (Å²) in [5, 5.41) is 11.7. The van der Waals surface area contributed by atoms with Crippen LogP contribution in [0.25, 0.3) is 0 Å². The Balaban J connectivity index is 2.18. The van der Waals surface area contributed by atoms with Gasteiger partial charge >= 0.3 is 0 Å². The normalized spacial score (nSPS) is 12.2. The standard InChI is InChI=1S/C17H21N3O2/c1-4-17(2,3)13-5-7-14(8-6-13)22-15-11-12(9-10-19-15)16(18)20-21/h5-11,21H,4H2,1-3H3,(H2,18,20). The van der Waals surface area contributed by atoms with E-state index in [0.717, 1.165) is 6.42 Å². The molecule has 0 amide bonds. The van der Waals surface area contributed by atoms with Crippen LogP contribution in [-0.4, -0.2) is 16.0 Å². The van der Waals surface area contributed by atoms with Gasteiger partial charge in [-0.2, -0.15) is 0 Å². The van der Waals surface area contributed by atoms with Gasteiger partial charge in [0.2, 0.25) is 5.88 Å². The quantitative estimate of drug-likeness (QED) is 0.382. The highest BCUT2D eigenvalue weighted by Gasteiger charge is 2.17. The SMILES string of the molecule is CCC(C)(C)c1ccc(Oc2cc(/C(N)=N/O)ccn2)cc1. The molecular formula is C17H21N3O2. The molecule has 1 heterocycles. The van der Waals surface area contributed by atoms with E-state index in [1.807, 2.05) is 12.1 Å². The molecule has 1 aromatic carbocycles. The number of hydrogen-bond donors (Lipinski definition) is 2. The van der Waals surface area contributed by atoms with E-state index in [1.54, 1.807) is 18.3 Å². The fraction of sp³-hybridized carbons (Fsp3) is 0.294. The zero-order valence-corrected chi connectivity index (χ0v) is 13.1. The van der Waals surface area contributed by atoms with Gasteiger partial charge in [0.25, 0.3) is 0 Å². The van der Waals surface area contributed by atoms with Gasteiger partial charge in [-0.25, -0.2) is 4.98 Å². The maximum absolute atomic E-state index is 8.70. The van der Waals surface area contributed by atoms with E-state index in [0.29, 0.717) is 17.2 Å². The second-order valence-corrected chi connectivity index (χ2v) is 5.73. The van der Waals surface area contributed by atoms with Crippen LogP contribution in [0, 0.1) is 0 Å². The first-order valence-corrected chi connectivity index (χ1v) is 7.18. The van der Waals surface area contributed by atoms with Crippen molar-refractivity contribution in [2.45, 2.75) is 32.6 Å². The molecule has 0 fully saturated rings. The lowest BCUT2D eigenvalue weighted by atomic mass is 9.82. The van der Waals surface area contributed by atoms with Crippen molar-refractivity contribution >= 4 is 5.84 Å². The van der Waals surface area contributed by atoms with Crippen LogP contribution in [0.15, 0.2) is 47.8 Å². The minimum absolute atomic E-state index is 0.0206. The van der Waals surface area contributed by atoms with Gasteiger partial charge in [0.05, 0.1) is 0 Å². The molecule has 116 valence electrons. The Labute approximate surface area is 130 Å². The minimum atomic E-state index is 0.0206. The summed E-state index contributed by atoms with van der Waals surface area (Å²) < 4.78 is 5.71. The van der Waals surface area contributed by atoms with E-state index in [-0.39, 0.29) is 11.3 Å². The second-order valence-electron chi connectivity index (χ2n) is 5.73. The molecule has 0 radical (unpaired) electrons. The zero-order chi connectivity index (χ0) is 16.2. The molecular weight excluding hydrogens is 278 g/mol. The summed E-state index contributed by atoms with van der Waals surface area (Å²) in [4.78, 5) is 4.12. The summed E-state index contributed by atoms with van der Waals surface area (Å²) in [6, 6.07) is 11.2. The van der Waals surface area contributed by atoms with Crippen LogP contribution in [0.1, 0.15) is 38.3 Å². The Hall–Kier alpha value is -2.56. The molecule has 0 bridgehead atoms. The Kier molecular flexibility index (Phi) is 4.65. The van der Waals surface area contributed by atoms with Crippen molar-refractivity contribution in [1.82, 2.24) is 4.98 Å². The molecule has 0 unspecified atom stereocenters. The number of amidine groups is 1. The van der Waals surface area contributed by atoms with E-state index >= 15 is 0 Å². The fourth-order valence-corrected chi connectivity index (χ4v) is 1.98. The Bertz CT molecular complexity index is 664. The first-order chi connectivity index (χ1) is 10.5. The molecule has 0 saturated carbocycles. The van der Waals surface area contributed by atoms with Gasteiger partial charge in [-0.05, 0) is 35.6 Å². The van der Waals surface area contributed by atoms with Gasteiger partial charge in [-0.3, -0.25) is 0 Å². The Morgan fingerprint density at radius 1 is 1.27 bits per heavy atom. The van der Waals surface area contributed by atoms with Gasteiger partial charge in [-0.1, -0.05) is 38.1 Å². The van der Waals surface area contributed by atoms with Crippen LogP contribution in [0.5, 0.6) is 11.6 Å². The highest BCUT2D eigenvalue weighted by Crippen LogP contribution is 2.29. The lowest BCUT2D eigenvalue weighted by Gasteiger charge is -2.23. The molecule has 2 aromatic rings. The van der Waals surface area contributed by atoms with Gasteiger partial charge in [0.1, 0.15) is 5.75 Å². The summed E-state index contributed by atoms with van der Waals surface area (Å²) in [5.41, 5.74) is 7.51. The average Bonchev–Trinajstić information content (AvgIpc) is 2.55. The van der Waals surface area contributed by atoms with E-state index in [9.17, 15) is 0 Å². The third-order valence-electron chi connectivity index (χ3n) is 3.88. The van der Waals surface area contributed by atoms with Crippen LogP contribution >= 0.6 is 0 Å². The van der Waals surface area contributed by atoms with E-state index in [4.69, 9.17) is 15.7 Å². The van der Waals surface area contributed by atoms with Crippen LogP contribution in [0.4, 0.5) is 0 Å². The molecule has 0 aliphatic heterocycles. The molecule has 0 aliphatic carbocycles. The number of pyridine rings is 1. The maximum atomic E-state index is 8.70. The molecule has 0 aliphatic rings. The van der Waals surface area contributed by atoms with Crippen LogP contribution in [0.2, 0.25) is 0 Å². The first-order valence-electron chi connectivity index (χ1n) is 7.18. The number of oxime groups is 1. The van der Waals surface area contributed by atoms with Crippen LogP contribution in [0.3, 0.4) is 0 Å². The Morgan fingerprint density at radius 3 is 2.55 bits per heavy atom. The molecule has 1 aromatic heterocycles. The number of nitrogens with two attached hydrogens (primary N) is 1. The first kappa shape index (κ1) is 15.8. The lowest BCUT2D eigenvalue weighted by Crippen LogP contribution is -2.15. The summed E-state index contributed by atoms with van der Waals surface area (Å²) in [7, 11) is 0. The third kappa shape index (κ3) is 3.55. The lowest BCUT2D eigenvalue weighted by molar-refractivity contribution is 0.318. The predicted octanol–water partition coefficient (Wildman–Crippen LogP) is 3.66. The van der Waals surface area contributed by atoms with Gasteiger partial charge < -0.3 is 15.7 Å². The molecule has 3 N–H and O–H groups in total. The number of ether oxygens (including phenoxy) is 1. The summed E-state index contributed by atoms with van der Waals surface area (Å²) in [5.74, 6) is 1.11. The van der Waals surface area contributed by atoms with Crippen molar-refractivity contribution in [2.24, 2.45) is 10.9 Å². The van der Waals surface area contributed by atoms with Gasteiger partial charge in [-0.15, -0.1) is 0 Å². The van der Waals surface area contributed by atoms with Crippen molar-refractivity contribution < 1.29 is 9.94 Å². The number of rotatable bonds is 5. The predicted molar refractivity (Wildman–Crippen MR) is 86.6 cm³/mol. The van der Waals surface area contributed by atoms with Crippen molar-refractivity contribution in [1.29, 1.82) is 0 Å². The number of nitrogens with zero attached hydrogens (tertiary/aromatic N) is 2. The highest BCUT2D eigenvalue weighted by atomic mass is 16.5. The van der Waals surface area contributed by atoms with Crippen molar-refractivity contribution in [3.8, 4) is 11.6 Å².